The second-order valence-corrected chi connectivity index (χ2v) is 4.53. The van der Waals surface area contributed by atoms with Crippen molar-refractivity contribution in [3.05, 3.63) is 23.4 Å². The molecule has 0 saturated heterocycles. The highest BCUT2D eigenvalue weighted by atomic mass is 16.5. The van der Waals surface area contributed by atoms with E-state index in [1.54, 1.807) is 7.11 Å². The minimum Gasteiger partial charge on any atom is -0.481 e. The number of hydrogen-bond donors (Lipinski definition) is 1. The molecule has 0 atom stereocenters. The van der Waals surface area contributed by atoms with Crippen LogP contribution in [0.4, 0.5) is 0 Å². The Hall–Kier alpha value is -1.09. The van der Waals surface area contributed by atoms with Crippen molar-refractivity contribution in [3.63, 3.8) is 0 Å². The number of methoxy groups -OCH3 is 1. The average molecular weight is 206 g/mol. The van der Waals surface area contributed by atoms with Gasteiger partial charge in [0.05, 0.1) is 7.11 Å². The molecule has 1 aliphatic carbocycles. The highest BCUT2D eigenvalue weighted by molar-refractivity contribution is 5.28. The first-order chi connectivity index (χ1) is 7.13. The standard InChI is InChI=1S/C12H18N2O/c1-9-7-10(8-14-11(9)15-2)3-4-12(13)5-6-12/h7-8H,3-6,13H2,1-2H3. The van der Waals surface area contributed by atoms with E-state index >= 15 is 0 Å². The van der Waals surface area contributed by atoms with Gasteiger partial charge in [0.1, 0.15) is 0 Å². The highest BCUT2D eigenvalue weighted by Crippen LogP contribution is 2.36. The molecule has 1 fully saturated rings. The van der Waals surface area contributed by atoms with Gasteiger partial charge in [-0.05, 0) is 44.2 Å². The lowest BCUT2D eigenvalue weighted by atomic mass is 10.0. The van der Waals surface area contributed by atoms with Crippen molar-refractivity contribution >= 4 is 0 Å². The number of aromatic nitrogens is 1. The second-order valence-electron chi connectivity index (χ2n) is 4.53. The summed E-state index contributed by atoms with van der Waals surface area (Å²) in [5, 5.41) is 0. The summed E-state index contributed by atoms with van der Waals surface area (Å²) in [6.45, 7) is 2.02. The molecule has 0 radical (unpaired) electrons. The number of ether oxygens (including phenoxy) is 1. The quantitative estimate of drug-likeness (QED) is 0.817. The minimum atomic E-state index is 0.133. The second kappa shape index (κ2) is 3.81. The van der Waals surface area contributed by atoms with Crippen molar-refractivity contribution in [2.45, 2.75) is 38.1 Å². The van der Waals surface area contributed by atoms with Crippen LogP contribution in [0.25, 0.3) is 0 Å². The number of rotatable bonds is 4. The zero-order chi connectivity index (χ0) is 10.9. The molecule has 1 aromatic rings. The summed E-state index contributed by atoms with van der Waals surface area (Å²) < 4.78 is 5.12. The maximum Gasteiger partial charge on any atom is 0.215 e. The summed E-state index contributed by atoms with van der Waals surface area (Å²) in [6.07, 6.45) is 6.33. The Labute approximate surface area is 90.7 Å². The molecule has 82 valence electrons. The molecule has 0 bridgehead atoms. The Morgan fingerprint density at radius 3 is 2.80 bits per heavy atom. The molecule has 3 heteroatoms. The Balaban J connectivity index is 1.99. The third-order valence-corrected chi connectivity index (χ3v) is 3.08. The number of nitrogens with two attached hydrogens (primary N) is 1. The van der Waals surface area contributed by atoms with E-state index in [-0.39, 0.29) is 5.54 Å². The summed E-state index contributed by atoms with van der Waals surface area (Å²) >= 11 is 0. The Morgan fingerprint density at radius 2 is 2.27 bits per heavy atom. The lowest BCUT2D eigenvalue weighted by Gasteiger charge is -2.09. The first kappa shape index (κ1) is 10.4. The molecule has 0 amide bonds. The topological polar surface area (TPSA) is 48.1 Å². The van der Waals surface area contributed by atoms with Gasteiger partial charge in [-0.15, -0.1) is 0 Å². The van der Waals surface area contributed by atoms with Gasteiger partial charge in [-0.3, -0.25) is 0 Å². The lowest BCUT2D eigenvalue weighted by molar-refractivity contribution is 0.394. The monoisotopic (exact) mass is 206 g/mol. The first-order valence-corrected chi connectivity index (χ1v) is 5.41. The highest BCUT2D eigenvalue weighted by Gasteiger charge is 2.37. The van der Waals surface area contributed by atoms with Crippen molar-refractivity contribution in [1.82, 2.24) is 4.98 Å². The van der Waals surface area contributed by atoms with Crippen LogP contribution in [0.2, 0.25) is 0 Å². The lowest BCUT2D eigenvalue weighted by Crippen LogP contribution is -2.22. The molecular formula is C12H18N2O. The molecule has 1 aromatic heterocycles. The predicted molar refractivity (Wildman–Crippen MR) is 60.0 cm³/mol. The molecule has 1 aliphatic rings. The predicted octanol–water partition coefficient (Wildman–Crippen LogP) is 1.82. The van der Waals surface area contributed by atoms with Crippen LogP contribution in [0.15, 0.2) is 12.3 Å². The van der Waals surface area contributed by atoms with Gasteiger partial charge in [0.2, 0.25) is 5.88 Å². The van der Waals surface area contributed by atoms with Crippen molar-refractivity contribution in [2.75, 3.05) is 7.11 Å². The van der Waals surface area contributed by atoms with Gasteiger partial charge in [0, 0.05) is 17.3 Å². The summed E-state index contributed by atoms with van der Waals surface area (Å²) in [4.78, 5) is 4.25. The largest absolute Gasteiger partial charge is 0.481 e. The van der Waals surface area contributed by atoms with Gasteiger partial charge >= 0.3 is 0 Å². The van der Waals surface area contributed by atoms with E-state index in [1.807, 2.05) is 13.1 Å². The average Bonchev–Trinajstić information content (AvgIpc) is 2.95. The third-order valence-electron chi connectivity index (χ3n) is 3.08. The van der Waals surface area contributed by atoms with Crippen LogP contribution < -0.4 is 10.5 Å². The van der Waals surface area contributed by atoms with Gasteiger partial charge in [-0.25, -0.2) is 4.98 Å². The van der Waals surface area contributed by atoms with Crippen LogP contribution in [0.5, 0.6) is 5.88 Å². The molecule has 0 aliphatic heterocycles. The van der Waals surface area contributed by atoms with E-state index in [0.29, 0.717) is 5.88 Å². The maximum absolute atomic E-state index is 6.04. The van der Waals surface area contributed by atoms with Gasteiger partial charge in [0.25, 0.3) is 0 Å². The number of hydrogen-bond acceptors (Lipinski definition) is 3. The molecule has 0 spiro atoms. The SMILES string of the molecule is COc1ncc(CCC2(N)CC2)cc1C. The summed E-state index contributed by atoms with van der Waals surface area (Å²) in [7, 11) is 1.65. The van der Waals surface area contributed by atoms with Crippen LogP contribution in [-0.4, -0.2) is 17.6 Å². The van der Waals surface area contributed by atoms with E-state index in [9.17, 15) is 0 Å². The summed E-state index contributed by atoms with van der Waals surface area (Å²) in [5.74, 6) is 0.715. The molecule has 2 rings (SSSR count). The number of nitrogens with zero attached hydrogens (tertiary/aromatic N) is 1. The smallest absolute Gasteiger partial charge is 0.215 e. The Morgan fingerprint density at radius 1 is 1.53 bits per heavy atom. The minimum absolute atomic E-state index is 0.133. The first-order valence-electron chi connectivity index (χ1n) is 5.41. The zero-order valence-corrected chi connectivity index (χ0v) is 9.42. The van der Waals surface area contributed by atoms with Gasteiger partial charge in [0.15, 0.2) is 0 Å². The van der Waals surface area contributed by atoms with Gasteiger partial charge < -0.3 is 10.5 Å². The molecule has 1 saturated carbocycles. The van der Waals surface area contributed by atoms with Gasteiger partial charge in [-0.2, -0.15) is 0 Å². The van der Waals surface area contributed by atoms with Crippen molar-refractivity contribution in [3.8, 4) is 5.88 Å². The molecule has 2 N–H and O–H groups in total. The summed E-state index contributed by atoms with van der Waals surface area (Å²) in [6, 6.07) is 2.14. The van der Waals surface area contributed by atoms with E-state index in [1.165, 1.54) is 18.4 Å². The molecule has 0 aromatic carbocycles. The molecule has 15 heavy (non-hydrogen) atoms. The van der Waals surface area contributed by atoms with Gasteiger partial charge in [-0.1, -0.05) is 0 Å². The fourth-order valence-corrected chi connectivity index (χ4v) is 1.77. The fraction of sp³-hybridized carbons (Fsp3) is 0.583. The normalized spacial score (nSPS) is 17.5. The molecular weight excluding hydrogens is 188 g/mol. The van der Waals surface area contributed by atoms with Crippen LogP contribution in [-0.2, 0) is 6.42 Å². The van der Waals surface area contributed by atoms with Crippen LogP contribution in [0.1, 0.15) is 30.4 Å². The number of aryl methyl sites for hydroxylation is 2. The number of pyridine rings is 1. The Kier molecular flexibility index (Phi) is 2.65. The zero-order valence-electron chi connectivity index (χ0n) is 9.42. The van der Waals surface area contributed by atoms with Crippen molar-refractivity contribution in [2.24, 2.45) is 5.73 Å². The third kappa shape index (κ3) is 2.48. The van der Waals surface area contributed by atoms with Crippen LogP contribution in [0.3, 0.4) is 0 Å². The van der Waals surface area contributed by atoms with E-state index in [4.69, 9.17) is 10.5 Å². The Bertz CT molecular complexity index is 359. The van der Waals surface area contributed by atoms with E-state index in [0.717, 1.165) is 18.4 Å². The summed E-state index contributed by atoms with van der Waals surface area (Å²) in [5.41, 5.74) is 8.53. The molecule has 3 nitrogen and oxygen atoms in total. The van der Waals surface area contributed by atoms with E-state index < -0.39 is 0 Å². The fourth-order valence-electron chi connectivity index (χ4n) is 1.77. The van der Waals surface area contributed by atoms with Crippen LogP contribution in [0, 0.1) is 6.92 Å². The molecule has 0 unspecified atom stereocenters. The maximum atomic E-state index is 6.04. The van der Waals surface area contributed by atoms with Crippen LogP contribution >= 0.6 is 0 Å². The van der Waals surface area contributed by atoms with E-state index in [2.05, 4.69) is 11.1 Å². The van der Waals surface area contributed by atoms with Crippen molar-refractivity contribution in [1.29, 1.82) is 0 Å². The van der Waals surface area contributed by atoms with Crippen molar-refractivity contribution < 1.29 is 4.74 Å². The molecule has 1 heterocycles.